The number of nitrogens with zero attached hydrogens (tertiary/aromatic N) is 3. The Balaban J connectivity index is 1.91. The average molecular weight is 254 g/mol. The SMILES string of the molecule is Cn1ccnc1C(C1CC1)N1CC(Cl)CC1=O. The van der Waals surface area contributed by atoms with Gasteiger partial charge in [-0.05, 0) is 18.8 Å². The normalized spacial score (nSPS) is 26.6. The zero-order chi connectivity index (χ0) is 12.0. The van der Waals surface area contributed by atoms with E-state index in [0.29, 0.717) is 18.9 Å². The molecular weight excluding hydrogens is 238 g/mol. The summed E-state index contributed by atoms with van der Waals surface area (Å²) in [6.07, 6.45) is 6.57. The first kappa shape index (κ1) is 11.1. The molecular formula is C12H16ClN3O. The first-order valence-corrected chi connectivity index (χ1v) is 6.51. The van der Waals surface area contributed by atoms with Gasteiger partial charge in [0.2, 0.25) is 5.91 Å². The Morgan fingerprint density at radius 1 is 1.53 bits per heavy atom. The number of halogens is 1. The van der Waals surface area contributed by atoms with E-state index in [9.17, 15) is 4.79 Å². The van der Waals surface area contributed by atoms with E-state index in [-0.39, 0.29) is 17.3 Å². The molecule has 1 aliphatic carbocycles. The summed E-state index contributed by atoms with van der Waals surface area (Å²) in [5.74, 6) is 1.73. The smallest absolute Gasteiger partial charge is 0.224 e. The van der Waals surface area contributed by atoms with Crippen molar-refractivity contribution in [3.8, 4) is 0 Å². The number of carbonyl (C=O) groups excluding carboxylic acids is 1. The molecule has 2 unspecified atom stereocenters. The van der Waals surface area contributed by atoms with Crippen molar-refractivity contribution in [1.29, 1.82) is 0 Å². The molecule has 3 rings (SSSR count). The van der Waals surface area contributed by atoms with Crippen LogP contribution in [0, 0.1) is 5.92 Å². The molecule has 0 radical (unpaired) electrons. The number of amides is 1. The molecule has 92 valence electrons. The first-order valence-electron chi connectivity index (χ1n) is 6.07. The van der Waals surface area contributed by atoms with Crippen LogP contribution in [0.4, 0.5) is 0 Å². The van der Waals surface area contributed by atoms with Crippen molar-refractivity contribution in [2.24, 2.45) is 13.0 Å². The Hall–Kier alpha value is -1.03. The van der Waals surface area contributed by atoms with E-state index in [1.807, 2.05) is 22.7 Å². The van der Waals surface area contributed by atoms with Gasteiger partial charge in [-0.15, -0.1) is 11.6 Å². The van der Waals surface area contributed by atoms with Crippen LogP contribution in [0.2, 0.25) is 0 Å². The second-order valence-corrected chi connectivity index (χ2v) is 5.64. The van der Waals surface area contributed by atoms with E-state index in [4.69, 9.17) is 11.6 Å². The summed E-state index contributed by atoms with van der Waals surface area (Å²) in [4.78, 5) is 18.3. The zero-order valence-corrected chi connectivity index (χ0v) is 10.6. The minimum absolute atomic E-state index is 0.0379. The quantitative estimate of drug-likeness (QED) is 0.770. The van der Waals surface area contributed by atoms with Gasteiger partial charge < -0.3 is 9.47 Å². The molecule has 1 aromatic heterocycles. The lowest BCUT2D eigenvalue weighted by Crippen LogP contribution is -2.33. The molecule has 1 aliphatic heterocycles. The van der Waals surface area contributed by atoms with Crippen molar-refractivity contribution in [3.05, 3.63) is 18.2 Å². The maximum absolute atomic E-state index is 12.0. The van der Waals surface area contributed by atoms with Crippen LogP contribution in [0.5, 0.6) is 0 Å². The molecule has 1 amide bonds. The monoisotopic (exact) mass is 253 g/mol. The lowest BCUT2D eigenvalue weighted by atomic mass is 10.1. The number of aryl methyl sites for hydroxylation is 1. The van der Waals surface area contributed by atoms with Gasteiger partial charge in [0.05, 0.1) is 11.4 Å². The third kappa shape index (κ3) is 1.95. The number of hydrogen-bond donors (Lipinski definition) is 0. The van der Waals surface area contributed by atoms with Gasteiger partial charge in [0, 0.05) is 32.4 Å². The van der Waals surface area contributed by atoms with Gasteiger partial charge in [-0.25, -0.2) is 4.98 Å². The fourth-order valence-corrected chi connectivity index (χ4v) is 2.91. The highest BCUT2D eigenvalue weighted by atomic mass is 35.5. The van der Waals surface area contributed by atoms with E-state index in [0.717, 1.165) is 5.82 Å². The summed E-state index contributed by atoms with van der Waals surface area (Å²) in [6, 6.07) is 0.131. The Labute approximate surface area is 106 Å². The zero-order valence-electron chi connectivity index (χ0n) is 9.84. The van der Waals surface area contributed by atoms with Crippen LogP contribution in [0.25, 0.3) is 0 Å². The molecule has 1 saturated heterocycles. The maximum Gasteiger partial charge on any atom is 0.224 e. The third-order valence-corrected chi connectivity index (χ3v) is 3.93. The standard InChI is InChI=1S/C12H16ClN3O/c1-15-5-4-14-12(15)11(8-2-3-8)16-7-9(13)6-10(16)17/h4-5,8-9,11H,2-3,6-7H2,1H3. The molecule has 2 aliphatic rings. The average Bonchev–Trinajstić information content (AvgIpc) is 2.93. The summed E-state index contributed by atoms with van der Waals surface area (Å²) in [6.45, 7) is 0.661. The molecule has 4 nitrogen and oxygen atoms in total. The van der Waals surface area contributed by atoms with Crippen molar-refractivity contribution in [3.63, 3.8) is 0 Å². The summed E-state index contributed by atoms with van der Waals surface area (Å²) in [7, 11) is 1.98. The highest BCUT2D eigenvalue weighted by Crippen LogP contribution is 2.45. The molecule has 2 atom stereocenters. The first-order chi connectivity index (χ1) is 8.16. The van der Waals surface area contributed by atoms with Gasteiger partial charge in [-0.1, -0.05) is 0 Å². The molecule has 5 heteroatoms. The summed E-state index contributed by atoms with van der Waals surface area (Å²) in [5, 5.41) is -0.0379. The number of aromatic nitrogens is 2. The minimum atomic E-state index is -0.0379. The Morgan fingerprint density at radius 2 is 2.29 bits per heavy atom. The van der Waals surface area contributed by atoms with Crippen LogP contribution in [0.15, 0.2) is 12.4 Å². The Kier molecular flexibility index (Phi) is 2.62. The largest absolute Gasteiger partial charge is 0.336 e. The maximum atomic E-state index is 12.0. The second-order valence-electron chi connectivity index (χ2n) is 5.03. The molecule has 1 aromatic rings. The summed E-state index contributed by atoms with van der Waals surface area (Å²) in [5.41, 5.74) is 0. The minimum Gasteiger partial charge on any atom is -0.336 e. The molecule has 0 aromatic carbocycles. The van der Waals surface area contributed by atoms with Gasteiger partial charge in [0.25, 0.3) is 0 Å². The topological polar surface area (TPSA) is 38.1 Å². The number of rotatable bonds is 3. The molecule has 1 saturated carbocycles. The highest BCUT2D eigenvalue weighted by Gasteiger charge is 2.43. The predicted molar refractivity (Wildman–Crippen MR) is 64.6 cm³/mol. The van der Waals surface area contributed by atoms with Crippen molar-refractivity contribution in [2.45, 2.75) is 30.7 Å². The van der Waals surface area contributed by atoms with Crippen LogP contribution in [-0.2, 0) is 11.8 Å². The van der Waals surface area contributed by atoms with E-state index < -0.39 is 0 Å². The number of likely N-dealkylation sites (tertiary alicyclic amines) is 1. The molecule has 0 bridgehead atoms. The summed E-state index contributed by atoms with van der Waals surface area (Å²) < 4.78 is 2.01. The van der Waals surface area contributed by atoms with Crippen molar-refractivity contribution in [1.82, 2.24) is 14.5 Å². The molecule has 0 N–H and O–H groups in total. The van der Waals surface area contributed by atoms with Crippen molar-refractivity contribution >= 4 is 17.5 Å². The van der Waals surface area contributed by atoms with E-state index >= 15 is 0 Å². The molecule has 2 fully saturated rings. The molecule has 17 heavy (non-hydrogen) atoms. The Bertz CT molecular complexity index is 441. The highest BCUT2D eigenvalue weighted by molar-refractivity contribution is 6.22. The summed E-state index contributed by atoms with van der Waals surface area (Å²) >= 11 is 6.08. The van der Waals surface area contributed by atoms with Crippen LogP contribution in [0.3, 0.4) is 0 Å². The van der Waals surface area contributed by atoms with Gasteiger partial charge in [0.1, 0.15) is 5.82 Å². The van der Waals surface area contributed by atoms with E-state index in [1.54, 1.807) is 6.20 Å². The van der Waals surface area contributed by atoms with Gasteiger partial charge in [-0.3, -0.25) is 4.79 Å². The molecule has 0 spiro atoms. The van der Waals surface area contributed by atoms with Crippen molar-refractivity contribution < 1.29 is 4.79 Å². The second kappa shape index (κ2) is 4.02. The fourth-order valence-electron chi connectivity index (χ4n) is 2.63. The van der Waals surface area contributed by atoms with Crippen molar-refractivity contribution in [2.75, 3.05) is 6.54 Å². The number of alkyl halides is 1. The van der Waals surface area contributed by atoms with Gasteiger partial charge in [-0.2, -0.15) is 0 Å². The van der Waals surface area contributed by atoms with Crippen LogP contribution in [-0.4, -0.2) is 32.3 Å². The lowest BCUT2D eigenvalue weighted by molar-refractivity contribution is -0.130. The van der Waals surface area contributed by atoms with E-state index in [1.165, 1.54) is 12.8 Å². The van der Waals surface area contributed by atoms with Crippen LogP contribution >= 0.6 is 11.6 Å². The number of carbonyl (C=O) groups is 1. The van der Waals surface area contributed by atoms with Crippen LogP contribution in [0.1, 0.15) is 31.1 Å². The number of imidazole rings is 1. The lowest BCUT2D eigenvalue weighted by Gasteiger charge is -2.27. The Morgan fingerprint density at radius 3 is 2.76 bits per heavy atom. The predicted octanol–water partition coefficient (Wildman–Crippen LogP) is 1.71. The number of hydrogen-bond acceptors (Lipinski definition) is 2. The third-order valence-electron chi connectivity index (χ3n) is 3.64. The fraction of sp³-hybridized carbons (Fsp3) is 0.667. The van der Waals surface area contributed by atoms with Gasteiger partial charge in [0.15, 0.2) is 0 Å². The van der Waals surface area contributed by atoms with Crippen LogP contribution < -0.4 is 0 Å². The van der Waals surface area contributed by atoms with Gasteiger partial charge >= 0.3 is 0 Å². The van der Waals surface area contributed by atoms with E-state index in [2.05, 4.69) is 4.98 Å². The molecule has 2 heterocycles.